The molecular formula is C14H19NO2S. The highest BCUT2D eigenvalue weighted by atomic mass is 32.1. The van der Waals surface area contributed by atoms with Crippen LogP contribution >= 0.6 is 11.3 Å². The van der Waals surface area contributed by atoms with E-state index in [0.717, 1.165) is 6.42 Å². The molecule has 0 saturated carbocycles. The molecule has 98 valence electrons. The van der Waals surface area contributed by atoms with Crippen LogP contribution in [0, 0.1) is 0 Å². The van der Waals surface area contributed by atoms with Crippen LogP contribution < -0.4 is 5.73 Å². The highest BCUT2D eigenvalue weighted by molar-refractivity contribution is 7.17. The van der Waals surface area contributed by atoms with Crippen molar-refractivity contribution in [2.45, 2.75) is 12.5 Å². The minimum absolute atomic E-state index is 0.0415. The van der Waals surface area contributed by atoms with Crippen LogP contribution in [0.3, 0.4) is 0 Å². The fraction of sp³-hybridized carbons (Fsp3) is 0.429. The van der Waals surface area contributed by atoms with E-state index in [1.54, 1.807) is 18.4 Å². The molecule has 4 heteroatoms. The third-order valence-electron chi connectivity index (χ3n) is 2.81. The second-order valence-electron chi connectivity index (χ2n) is 4.29. The molecule has 1 unspecified atom stereocenters. The van der Waals surface area contributed by atoms with Crippen molar-refractivity contribution in [3.05, 3.63) is 35.2 Å². The Morgan fingerprint density at radius 3 is 2.94 bits per heavy atom. The summed E-state index contributed by atoms with van der Waals surface area (Å²) in [6, 6.07) is 8.47. The van der Waals surface area contributed by atoms with E-state index >= 15 is 0 Å². The van der Waals surface area contributed by atoms with Gasteiger partial charge in [-0.05, 0) is 28.8 Å². The van der Waals surface area contributed by atoms with E-state index in [1.165, 1.54) is 15.6 Å². The summed E-state index contributed by atoms with van der Waals surface area (Å²) in [5.41, 5.74) is 7.39. The second kappa shape index (κ2) is 6.85. The first-order valence-corrected chi connectivity index (χ1v) is 6.96. The molecule has 0 saturated heterocycles. The van der Waals surface area contributed by atoms with Crippen LogP contribution in [0.25, 0.3) is 10.1 Å². The number of ether oxygens (including phenoxy) is 2. The van der Waals surface area contributed by atoms with Crippen molar-refractivity contribution in [2.75, 3.05) is 26.9 Å². The molecule has 1 aromatic heterocycles. The standard InChI is InChI=1S/C14H19NO2S/c1-16-6-7-17-9-12(15)8-11-10-18-14-5-3-2-4-13(11)14/h2-5,10,12H,6-9,15H2,1H3. The molecule has 0 fully saturated rings. The van der Waals surface area contributed by atoms with Crippen LogP contribution in [0.4, 0.5) is 0 Å². The van der Waals surface area contributed by atoms with E-state index in [0.29, 0.717) is 19.8 Å². The monoisotopic (exact) mass is 265 g/mol. The average Bonchev–Trinajstić information content (AvgIpc) is 2.78. The lowest BCUT2D eigenvalue weighted by atomic mass is 10.1. The third kappa shape index (κ3) is 3.53. The number of benzene rings is 1. The smallest absolute Gasteiger partial charge is 0.0701 e. The van der Waals surface area contributed by atoms with E-state index in [4.69, 9.17) is 15.2 Å². The van der Waals surface area contributed by atoms with Gasteiger partial charge in [0.1, 0.15) is 0 Å². The van der Waals surface area contributed by atoms with E-state index in [2.05, 4.69) is 29.6 Å². The van der Waals surface area contributed by atoms with E-state index in [-0.39, 0.29) is 6.04 Å². The lowest BCUT2D eigenvalue weighted by Gasteiger charge is -2.11. The van der Waals surface area contributed by atoms with Crippen molar-refractivity contribution in [1.82, 2.24) is 0 Å². The van der Waals surface area contributed by atoms with Crippen LogP contribution in [0.1, 0.15) is 5.56 Å². The Labute approximate surface area is 112 Å². The lowest BCUT2D eigenvalue weighted by molar-refractivity contribution is 0.0637. The minimum Gasteiger partial charge on any atom is -0.382 e. The third-order valence-corrected chi connectivity index (χ3v) is 3.82. The van der Waals surface area contributed by atoms with Crippen molar-refractivity contribution < 1.29 is 9.47 Å². The minimum atomic E-state index is 0.0415. The van der Waals surface area contributed by atoms with E-state index in [1.807, 2.05) is 0 Å². The second-order valence-corrected chi connectivity index (χ2v) is 5.20. The quantitative estimate of drug-likeness (QED) is 0.782. The topological polar surface area (TPSA) is 44.5 Å². The largest absolute Gasteiger partial charge is 0.382 e. The normalized spacial score (nSPS) is 13.0. The molecule has 0 aliphatic heterocycles. The number of rotatable bonds is 7. The van der Waals surface area contributed by atoms with Crippen LogP contribution in [0.5, 0.6) is 0 Å². The zero-order valence-corrected chi connectivity index (χ0v) is 11.4. The highest BCUT2D eigenvalue weighted by Gasteiger charge is 2.08. The van der Waals surface area contributed by atoms with E-state index < -0.39 is 0 Å². The molecule has 1 atom stereocenters. The molecule has 2 N–H and O–H groups in total. The van der Waals surface area contributed by atoms with Crippen molar-refractivity contribution in [3.8, 4) is 0 Å². The molecule has 0 bridgehead atoms. The van der Waals surface area contributed by atoms with Crippen molar-refractivity contribution in [1.29, 1.82) is 0 Å². The van der Waals surface area contributed by atoms with E-state index in [9.17, 15) is 0 Å². The number of nitrogens with two attached hydrogens (primary N) is 1. The van der Waals surface area contributed by atoms with Gasteiger partial charge in [0, 0.05) is 17.9 Å². The van der Waals surface area contributed by atoms with Crippen LogP contribution in [0.15, 0.2) is 29.6 Å². The first kappa shape index (κ1) is 13.5. The Morgan fingerprint density at radius 1 is 1.28 bits per heavy atom. The molecule has 1 aromatic carbocycles. The number of hydrogen-bond acceptors (Lipinski definition) is 4. The van der Waals surface area contributed by atoms with Gasteiger partial charge in [0.15, 0.2) is 0 Å². The average molecular weight is 265 g/mol. The molecular weight excluding hydrogens is 246 g/mol. The summed E-state index contributed by atoms with van der Waals surface area (Å²) in [4.78, 5) is 0. The summed E-state index contributed by atoms with van der Waals surface area (Å²) in [5, 5.41) is 3.51. The SMILES string of the molecule is COCCOCC(N)Cc1csc2ccccc12. The number of fused-ring (bicyclic) bond motifs is 1. The maximum Gasteiger partial charge on any atom is 0.0701 e. The molecule has 2 rings (SSSR count). The molecule has 1 heterocycles. The molecule has 0 radical (unpaired) electrons. The predicted octanol–water partition coefficient (Wildman–Crippen LogP) is 2.43. The van der Waals surface area contributed by atoms with Gasteiger partial charge in [0.05, 0.1) is 19.8 Å². The zero-order valence-electron chi connectivity index (χ0n) is 10.6. The van der Waals surface area contributed by atoms with Gasteiger partial charge in [0.2, 0.25) is 0 Å². The molecule has 2 aromatic rings. The van der Waals surface area contributed by atoms with Gasteiger partial charge < -0.3 is 15.2 Å². The Balaban J connectivity index is 1.88. The summed E-state index contributed by atoms with van der Waals surface area (Å²) >= 11 is 1.77. The molecule has 0 amide bonds. The van der Waals surface area contributed by atoms with Crippen molar-refractivity contribution >= 4 is 21.4 Å². The van der Waals surface area contributed by atoms with Gasteiger partial charge in [-0.25, -0.2) is 0 Å². The van der Waals surface area contributed by atoms with Gasteiger partial charge in [-0.1, -0.05) is 18.2 Å². The summed E-state index contributed by atoms with van der Waals surface area (Å²) in [6.07, 6.45) is 0.858. The first-order valence-electron chi connectivity index (χ1n) is 6.08. The van der Waals surface area contributed by atoms with Crippen LogP contribution in [-0.2, 0) is 15.9 Å². The molecule has 0 spiro atoms. The molecule has 0 aliphatic rings. The van der Waals surface area contributed by atoms with Gasteiger partial charge in [-0.15, -0.1) is 11.3 Å². The Hall–Kier alpha value is -0.940. The predicted molar refractivity (Wildman–Crippen MR) is 76.2 cm³/mol. The van der Waals surface area contributed by atoms with Gasteiger partial charge in [-0.3, -0.25) is 0 Å². The Bertz CT molecular complexity index is 483. The fourth-order valence-corrected chi connectivity index (χ4v) is 2.88. The first-order chi connectivity index (χ1) is 8.81. The zero-order chi connectivity index (χ0) is 12.8. The molecule has 0 aliphatic carbocycles. The summed E-state index contributed by atoms with van der Waals surface area (Å²) in [6.45, 7) is 1.80. The number of methoxy groups -OCH3 is 1. The van der Waals surface area contributed by atoms with Gasteiger partial charge >= 0.3 is 0 Å². The van der Waals surface area contributed by atoms with Crippen molar-refractivity contribution in [2.24, 2.45) is 5.73 Å². The molecule has 18 heavy (non-hydrogen) atoms. The van der Waals surface area contributed by atoms with Crippen LogP contribution in [0.2, 0.25) is 0 Å². The highest BCUT2D eigenvalue weighted by Crippen LogP contribution is 2.26. The maximum atomic E-state index is 6.08. The lowest BCUT2D eigenvalue weighted by Crippen LogP contribution is -2.29. The van der Waals surface area contributed by atoms with Gasteiger partial charge in [-0.2, -0.15) is 0 Å². The fourth-order valence-electron chi connectivity index (χ4n) is 1.91. The number of thiophene rings is 1. The molecule has 3 nitrogen and oxygen atoms in total. The van der Waals surface area contributed by atoms with Crippen LogP contribution in [-0.4, -0.2) is 33.0 Å². The van der Waals surface area contributed by atoms with Gasteiger partial charge in [0.25, 0.3) is 0 Å². The summed E-state index contributed by atoms with van der Waals surface area (Å²) in [7, 11) is 1.67. The summed E-state index contributed by atoms with van der Waals surface area (Å²) in [5.74, 6) is 0. The maximum absolute atomic E-state index is 6.08. The number of hydrogen-bond donors (Lipinski definition) is 1. The summed E-state index contributed by atoms with van der Waals surface area (Å²) < 4.78 is 11.7. The Morgan fingerprint density at radius 2 is 2.11 bits per heavy atom. The Kier molecular flexibility index (Phi) is 5.13. The van der Waals surface area contributed by atoms with Crippen molar-refractivity contribution in [3.63, 3.8) is 0 Å².